The zero-order chi connectivity index (χ0) is 14.8. The number of pyridine rings is 1. The van der Waals surface area contributed by atoms with Gasteiger partial charge in [0.1, 0.15) is 11.3 Å². The molecule has 0 fully saturated rings. The van der Waals surface area contributed by atoms with Gasteiger partial charge in [-0.3, -0.25) is 9.20 Å². The Kier molecular flexibility index (Phi) is 3.93. The summed E-state index contributed by atoms with van der Waals surface area (Å²) < 4.78 is 38.2. The molecule has 20 heavy (non-hydrogen) atoms. The molecule has 2 heterocycles. The van der Waals surface area contributed by atoms with E-state index in [-0.39, 0.29) is 5.69 Å². The topological polar surface area (TPSA) is 66.6 Å². The average Bonchev–Trinajstić information content (AvgIpc) is 2.80. The van der Waals surface area contributed by atoms with Gasteiger partial charge in [0.15, 0.2) is 0 Å². The molecule has 1 unspecified atom stereocenters. The molecule has 2 aromatic heterocycles. The number of aromatic nitrogens is 2. The third kappa shape index (κ3) is 3.27. The van der Waals surface area contributed by atoms with Crippen LogP contribution in [0.4, 0.5) is 13.2 Å². The van der Waals surface area contributed by atoms with Crippen LogP contribution in [0.5, 0.6) is 0 Å². The Morgan fingerprint density at radius 2 is 2.20 bits per heavy atom. The zero-order valence-electron chi connectivity index (χ0n) is 10.3. The Morgan fingerprint density at radius 3 is 2.85 bits per heavy atom. The monoisotopic (exact) mass is 287 g/mol. The van der Waals surface area contributed by atoms with E-state index in [1.54, 1.807) is 24.4 Å². The maximum absolute atomic E-state index is 12.3. The van der Waals surface area contributed by atoms with Crippen molar-refractivity contribution in [3.05, 3.63) is 36.3 Å². The second-order valence-electron chi connectivity index (χ2n) is 4.24. The minimum atomic E-state index is -4.46. The van der Waals surface area contributed by atoms with E-state index in [1.165, 1.54) is 10.6 Å². The summed E-state index contributed by atoms with van der Waals surface area (Å²) in [5.41, 5.74) is 0.621. The molecule has 0 saturated carbocycles. The van der Waals surface area contributed by atoms with Gasteiger partial charge < -0.3 is 10.4 Å². The molecule has 0 aliphatic heterocycles. The lowest BCUT2D eigenvalue weighted by molar-refractivity contribution is -0.141. The predicted molar refractivity (Wildman–Crippen MR) is 64.2 cm³/mol. The Hall–Kier alpha value is -2.09. The fourth-order valence-corrected chi connectivity index (χ4v) is 1.80. The van der Waals surface area contributed by atoms with Crippen LogP contribution in [0.25, 0.3) is 5.65 Å². The molecular formula is C12H12F3N3O2. The van der Waals surface area contributed by atoms with E-state index >= 15 is 0 Å². The van der Waals surface area contributed by atoms with Crippen molar-refractivity contribution in [2.24, 2.45) is 0 Å². The van der Waals surface area contributed by atoms with Crippen LogP contribution < -0.4 is 5.32 Å². The molecule has 2 N–H and O–H groups in total. The van der Waals surface area contributed by atoms with Crippen LogP contribution in [-0.2, 0) is 0 Å². The number of imidazole rings is 1. The molecule has 108 valence electrons. The number of aliphatic hydroxyl groups is 1. The number of amides is 1. The highest BCUT2D eigenvalue weighted by Crippen LogP contribution is 2.21. The summed E-state index contributed by atoms with van der Waals surface area (Å²) in [6.45, 7) is -0.790. The van der Waals surface area contributed by atoms with Crippen LogP contribution >= 0.6 is 0 Å². The summed E-state index contributed by atoms with van der Waals surface area (Å²) >= 11 is 0. The maximum Gasteiger partial charge on any atom is 0.391 e. The van der Waals surface area contributed by atoms with Crippen LogP contribution in [0.1, 0.15) is 16.9 Å². The molecule has 0 radical (unpaired) electrons. The van der Waals surface area contributed by atoms with Crippen LogP contribution in [0, 0.1) is 0 Å². The van der Waals surface area contributed by atoms with Gasteiger partial charge in [0.2, 0.25) is 0 Å². The molecular weight excluding hydrogens is 275 g/mol. The second kappa shape index (κ2) is 5.49. The summed E-state index contributed by atoms with van der Waals surface area (Å²) in [5, 5.41) is 11.1. The highest BCUT2D eigenvalue weighted by atomic mass is 19.4. The van der Waals surface area contributed by atoms with Gasteiger partial charge in [0, 0.05) is 6.20 Å². The SMILES string of the molecule is O=C(NC(CO)CC(F)(F)F)c1cnc2ccccn12. The minimum Gasteiger partial charge on any atom is -0.394 e. The molecule has 1 atom stereocenters. The fraction of sp³-hybridized carbons (Fsp3) is 0.333. The van der Waals surface area contributed by atoms with Gasteiger partial charge in [-0.15, -0.1) is 0 Å². The molecule has 5 nitrogen and oxygen atoms in total. The Morgan fingerprint density at radius 1 is 1.45 bits per heavy atom. The highest BCUT2D eigenvalue weighted by Gasteiger charge is 2.32. The van der Waals surface area contributed by atoms with Crippen LogP contribution in [0.2, 0.25) is 0 Å². The number of aliphatic hydroxyl groups excluding tert-OH is 1. The molecule has 0 saturated heterocycles. The molecule has 2 rings (SSSR count). The van der Waals surface area contributed by atoms with Gasteiger partial charge in [0.05, 0.1) is 25.3 Å². The lowest BCUT2D eigenvalue weighted by Gasteiger charge is -2.17. The van der Waals surface area contributed by atoms with Gasteiger partial charge in [-0.05, 0) is 12.1 Å². The van der Waals surface area contributed by atoms with Crippen LogP contribution in [-0.4, -0.2) is 39.2 Å². The van der Waals surface area contributed by atoms with Crippen molar-refractivity contribution < 1.29 is 23.1 Å². The van der Waals surface area contributed by atoms with Crippen molar-refractivity contribution in [2.75, 3.05) is 6.61 Å². The molecule has 0 bridgehead atoms. The van der Waals surface area contributed by atoms with E-state index in [0.29, 0.717) is 5.65 Å². The number of fused-ring (bicyclic) bond motifs is 1. The van der Waals surface area contributed by atoms with Gasteiger partial charge >= 0.3 is 6.18 Å². The molecule has 1 amide bonds. The van der Waals surface area contributed by atoms with E-state index in [1.807, 2.05) is 0 Å². The third-order valence-electron chi connectivity index (χ3n) is 2.68. The van der Waals surface area contributed by atoms with Crippen molar-refractivity contribution in [1.29, 1.82) is 0 Å². The van der Waals surface area contributed by atoms with Crippen molar-refractivity contribution >= 4 is 11.6 Å². The fourth-order valence-electron chi connectivity index (χ4n) is 1.80. The number of carbonyl (C=O) groups excluding carboxylic acids is 1. The van der Waals surface area contributed by atoms with E-state index in [0.717, 1.165) is 0 Å². The van der Waals surface area contributed by atoms with Crippen LogP contribution in [0.3, 0.4) is 0 Å². The van der Waals surface area contributed by atoms with Crippen molar-refractivity contribution in [3.63, 3.8) is 0 Å². The maximum atomic E-state index is 12.3. The van der Waals surface area contributed by atoms with E-state index in [4.69, 9.17) is 5.11 Å². The highest BCUT2D eigenvalue weighted by molar-refractivity contribution is 5.93. The first-order chi connectivity index (χ1) is 9.40. The summed E-state index contributed by atoms with van der Waals surface area (Å²) in [7, 11) is 0. The van der Waals surface area contributed by atoms with E-state index in [2.05, 4.69) is 10.3 Å². The number of nitrogens with one attached hydrogen (secondary N) is 1. The van der Waals surface area contributed by atoms with Crippen molar-refractivity contribution in [3.8, 4) is 0 Å². The number of halogens is 3. The smallest absolute Gasteiger partial charge is 0.391 e. The van der Waals surface area contributed by atoms with E-state index in [9.17, 15) is 18.0 Å². The molecule has 0 aromatic carbocycles. The van der Waals surface area contributed by atoms with Gasteiger partial charge in [-0.1, -0.05) is 6.07 Å². The minimum absolute atomic E-state index is 0.112. The van der Waals surface area contributed by atoms with Crippen molar-refractivity contribution in [1.82, 2.24) is 14.7 Å². The summed E-state index contributed by atoms with van der Waals surface area (Å²) in [6.07, 6.45) is -2.90. The number of hydrogen-bond donors (Lipinski definition) is 2. The Bertz CT molecular complexity index is 609. The van der Waals surface area contributed by atoms with Gasteiger partial charge in [-0.2, -0.15) is 13.2 Å². The summed E-state index contributed by atoms with van der Waals surface area (Å²) in [5.74, 6) is -0.716. The molecule has 8 heteroatoms. The second-order valence-corrected chi connectivity index (χ2v) is 4.24. The predicted octanol–water partition coefficient (Wildman–Crippen LogP) is 1.38. The lowest BCUT2D eigenvalue weighted by atomic mass is 10.2. The quantitative estimate of drug-likeness (QED) is 0.892. The van der Waals surface area contributed by atoms with Crippen molar-refractivity contribution in [2.45, 2.75) is 18.6 Å². The molecule has 0 aliphatic rings. The average molecular weight is 287 g/mol. The lowest BCUT2D eigenvalue weighted by Crippen LogP contribution is -2.41. The standard InChI is InChI=1S/C12H12F3N3O2/c13-12(14,15)5-8(7-19)17-11(20)9-6-16-10-3-1-2-4-18(9)10/h1-4,6,8,19H,5,7H2,(H,17,20). The Labute approximate surface area is 112 Å². The largest absolute Gasteiger partial charge is 0.394 e. The molecule has 0 spiro atoms. The zero-order valence-corrected chi connectivity index (χ0v) is 10.3. The van der Waals surface area contributed by atoms with Crippen LogP contribution in [0.15, 0.2) is 30.6 Å². The number of rotatable bonds is 4. The number of nitrogens with zero attached hydrogens (tertiary/aromatic N) is 2. The Balaban J connectivity index is 2.15. The molecule has 2 aromatic rings. The first-order valence-electron chi connectivity index (χ1n) is 5.81. The molecule has 0 aliphatic carbocycles. The number of carbonyl (C=O) groups is 1. The van der Waals surface area contributed by atoms with Gasteiger partial charge in [0.25, 0.3) is 5.91 Å². The normalized spacial score (nSPS) is 13.4. The third-order valence-corrected chi connectivity index (χ3v) is 2.68. The first-order valence-corrected chi connectivity index (χ1v) is 5.81. The number of alkyl halides is 3. The summed E-state index contributed by atoms with van der Waals surface area (Å²) in [4.78, 5) is 15.9. The van der Waals surface area contributed by atoms with E-state index < -0.39 is 31.2 Å². The summed E-state index contributed by atoms with van der Waals surface area (Å²) in [6, 6.07) is 3.68. The first kappa shape index (κ1) is 14.3. The van der Waals surface area contributed by atoms with Gasteiger partial charge in [-0.25, -0.2) is 4.98 Å². The number of hydrogen-bond acceptors (Lipinski definition) is 3.